The summed E-state index contributed by atoms with van der Waals surface area (Å²) in [6.07, 6.45) is -0.345. The normalized spacial score (nSPS) is 25.8. The van der Waals surface area contributed by atoms with Crippen LogP contribution in [0, 0.1) is 0 Å². The van der Waals surface area contributed by atoms with E-state index in [1.165, 1.54) is 0 Å². The van der Waals surface area contributed by atoms with Crippen LogP contribution in [0.1, 0.15) is 6.42 Å². The zero-order valence-electron chi connectivity index (χ0n) is 5.37. The van der Waals surface area contributed by atoms with Crippen LogP contribution in [-0.4, -0.2) is 30.5 Å². The third kappa shape index (κ3) is 2.20. The third-order valence-corrected chi connectivity index (χ3v) is 1.23. The summed E-state index contributed by atoms with van der Waals surface area (Å²) >= 11 is 0. The molecule has 0 saturated carbocycles. The Kier molecular flexibility index (Phi) is 2.47. The minimum atomic E-state index is -1.02. The van der Waals surface area contributed by atoms with E-state index in [1.807, 2.05) is 0 Å². The smallest absolute Gasteiger partial charge is 0.404 e. The Balaban J connectivity index is 2.19. The van der Waals surface area contributed by atoms with Gasteiger partial charge in [0.1, 0.15) is 6.61 Å². The molecule has 0 aromatic carbocycles. The standard InChI is InChI=1S/C5H9NO4/c7-5(8)6-4-1-2-9-10-3-4/h4,6H,1-3H2,(H,7,8). The van der Waals surface area contributed by atoms with Crippen molar-refractivity contribution in [2.45, 2.75) is 12.5 Å². The lowest BCUT2D eigenvalue weighted by Crippen LogP contribution is -2.40. The van der Waals surface area contributed by atoms with Gasteiger partial charge in [-0.3, -0.25) is 0 Å². The van der Waals surface area contributed by atoms with Crippen LogP contribution >= 0.6 is 0 Å². The summed E-state index contributed by atoms with van der Waals surface area (Å²) in [5.41, 5.74) is 0. The van der Waals surface area contributed by atoms with Crippen LogP contribution in [0.5, 0.6) is 0 Å². The first-order valence-electron chi connectivity index (χ1n) is 3.03. The molecule has 1 unspecified atom stereocenters. The highest BCUT2D eigenvalue weighted by Gasteiger charge is 2.15. The lowest BCUT2D eigenvalue weighted by molar-refractivity contribution is -0.317. The molecule has 0 aromatic rings. The Hall–Kier alpha value is -0.810. The van der Waals surface area contributed by atoms with Crippen LogP contribution < -0.4 is 5.32 Å². The Morgan fingerprint density at radius 3 is 2.90 bits per heavy atom. The molecule has 5 heteroatoms. The van der Waals surface area contributed by atoms with Gasteiger partial charge in [-0.2, -0.15) is 0 Å². The maximum absolute atomic E-state index is 10.1. The molecule has 0 bridgehead atoms. The molecular weight excluding hydrogens is 138 g/mol. The lowest BCUT2D eigenvalue weighted by Gasteiger charge is -2.20. The van der Waals surface area contributed by atoms with Crippen molar-refractivity contribution in [2.75, 3.05) is 13.2 Å². The highest BCUT2D eigenvalue weighted by atomic mass is 17.2. The Morgan fingerprint density at radius 2 is 2.40 bits per heavy atom. The Labute approximate surface area is 57.9 Å². The average Bonchev–Trinajstić information content (AvgIpc) is 1.88. The van der Waals surface area contributed by atoms with E-state index in [-0.39, 0.29) is 6.04 Å². The van der Waals surface area contributed by atoms with Crippen LogP contribution in [0.4, 0.5) is 4.79 Å². The monoisotopic (exact) mass is 147 g/mol. The molecule has 2 N–H and O–H groups in total. The molecule has 1 fully saturated rings. The van der Waals surface area contributed by atoms with Crippen molar-refractivity contribution < 1.29 is 19.7 Å². The van der Waals surface area contributed by atoms with Crippen molar-refractivity contribution in [2.24, 2.45) is 0 Å². The molecule has 10 heavy (non-hydrogen) atoms. The summed E-state index contributed by atoms with van der Waals surface area (Å²) in [6, 6.07) is -0.119. The number of carboxylic acid groups (broad SMARTS) is 1. The zero-order chi connectivity index (χ0) is 7.40. The second kappa shape index (κ2) is 3.38. The number of hydrogen-bond donors (Lipinski definition) is 2. The molecule has 0 aliphatic carbocycles. The summed E-state index contributed by atoms with van der Waals surface area (Å²) in [5, 5.41) is 10.6. The molecule has 1 rings (SSSR count). The highest BCUT2D eigenvalue weighted by molar-refractivity contribution is 5.64. The second-order valence-electron chi connectivity index (χ2n) is 2.04. The van der Waals surface area contributed by atoms with Crippen molar-refractivity contribution in [3.05, 3.63) is 0 Å². The van der Waals surface area contributed by atoms with Gasteiger partial charge >= 0.3 is 6.09 Å². The number of amides is 1. The molecule has 58 valence electrons. The van der Waals surface area contributed by atoms with Crippen molar-refractivity contribution in [3.63, 3.8) is 0 Å². The van der Waals surface area contributed by atoms with Crippen LogP contribution in [-0.2, 0) is 9.78 Å². The Morgan fingerprint density at radius 1 is 1.60 bits per heavy atom. The molecule has 0 radical (unpaired) electrons. The number of rotatable bonds is 1. The first-order chi connectivity index (χ1) is 4.79. The minimum absolute atomic E-state index is 0.119. The predicted molar refractivity (Wildman–Crippen MR) is 31.5 cm³/mol. The van der Waals surface area contributed by atoms with E-state index in [1.54, 1.807) is 0 Å². The average molecular weight is 147 g/mol. The van der Waals surface area contributed by atoms with Crippen molar-refractivity contribution >= 4 is 6.09 Å². The first kappa shape index (κ1) is 7.30. The topological polar surface area (TPSA) is 67.8 Å². The summed E-state index contributed by atoms with van der Waals surface area (Å²) in [5.74, 6) is 0. The van der Waals surface area contributed by atoms with E-state index >= 15 is 0 Å². The molecular formula is C5H9NO4. The maximum atomic E-state index is 10.1. The van der Waals surface area contributed by atoms with Gasteiger partial charge < -0.3 is 10.4 Å². The summed E-state index contributed by atoms with van der Waals surface area (Å²) in [7, 11) is 0. The number of hydrogen-bond acceptors (Lipinski definition) is 3. The van der Waals surface area contributed by atoms with E-state index in [0.29, 0.717) is 19.6 Å². The van der Waals surface area contributed by atoms with Crippen LogP contribution in [0.3, 0.4) is 0 Å². The molecule has 1 aliphatic rings. The first-order valence-corrected chi connectivity index (χ1v) is 3.03. The maximum Gasteiger partial charge on any atom is 0.404 e. The third-order valence-electron chi connectivity index (χ3n) is 1.23. The van der Waals surface area contributed by atoms with Crippen molar-refractivity contribution in [1.29, 1.82) is 0 Å². The van der Waals surface area contributed by atoms with Gasteiger partial charge in [0, 0.05) is 0 Å². The molecule has 0 spiro atoms. The van der Waals surface area contributed by atoms with Crippen LogP contribution in [0.2, 0.25) is 0 Å². The fourth-order valence-electron chi connectivity index (χ4n) is 0.751. The molecule has 5 nitrogen and oxygen atoms in total. The van der Waals surface area contributed by atoms with E-state index in [2.05, 4.69) is 15.1 Å². The van der Waals surface area contributed by atoms with Gasteiger partial charge in [-0.1, -0.05) is 0 Å². The molecule has 1 heterocycles. The lowest BCUT2D eigenvalue weighted by atomic mass is 10.2. The fourth-order valence-corrected chi connectivity index (χ4v) is 0.751. The molecule has 1 atom stereocenters. The molecule has 0 aromatic heterocycles. The van der Waals surface area contributed by atoms with Crippen LogP contribution in [0.25, 0.3) is 0 Å². The van der Waals surface area contributed by atoms with Gasteiger partial charge in [0.2, 0.25) is 0 Å². The van der Waals surface area contributed by atoms with E-state index < -0.39 is 6.09 Å². The summed E-state index contributed by atoms with van der Waals surface area (Å²) in [6.45, 7) is 0.747. The van der Waals surface area contributed by atoms with E-state index in [4.69, 9.17) is 5.11 Å². The van der Waals surface area contributed by atoms with Crippen molar-refractivity contribution in [3.8, 4) is 0 Å². The van der Waals surface area contributed by atoms with Gasteiger partial charge in [-0.15, -0.1) is 0 Å². The van der Waals surface area contributed by atoms with Gasteiger partial charge in [-0.05, 0) is 6.42 Å². The van der Waals surface area contributed by atoms with Gasteiger partial charge in [0.05, 0.1) is 12.6 Å². The predicted octanol–water partition coefficient (Wildman–Crippen LogP) is -0.0255. The second-order valence-corrected chi connectivity index (χ2v) is 2.04. The Bertz CT molecular complexity index is 121. The summed E-state index contributed by atoms with van der Waals surface area (Å²) in [4.78, 5) is 19.2. The minimum Gasteiger partial charge on any atom is -0.465 e. The van der Waals surface area contributed by atoms with Crippen LogP contribution in [0.15, 0.2) is 0 Å². The molecule has 1 aliphatic heterocycles. The summed E-state index contributed by atoms with van der Waals surface area (Å²) < 4.78 is 0. The van der Waals surface area contributed by atoms with Gasteiger partial charge in [-0.25, -0.2) is 14.6 Å². The van der Waals surface area contributed by atoms with E-state index in [0.717, 1.165) is 0 Å². The molecule has 1 saturated heterocycles. The quantitative estimate of drug-likeness (QED) is 0.511. The zero-order valence-corrected chi connectivity index (χ0v) is 5.37. The highest BCUT2D eigenvalue weighted by Crippen LogP contribution is 2.01. The van der Waals surface area contributed by atoms with E-state index in [9.17, 15) is 4.79 Å². The number of carbonyl (C=O) groups is 1. The van der Waals surface area contributed by atoms with Crippen molar-refractivity contribution in [1.82, 2.24) is 5.32 Å². The van der Waals surface area contributed by atoms with Gasteiger partial charge in [0.25, 0.3) is 0 Å². The largest absolute Gasteiger partial charge is 0.465 e. The fraction of sp³-hybridized carbons (Fsp3) is 0.800. The number of nitrogens with one attached hydrogen (secondary N) is 1. The van der Waals surface area contributed by atoms with Gasteiger partial charge in [0.15, 0.2) is 0 Å². The SMILES string of the molecule is O=C(O)NC1CCOOC1. The molecule has 1 amide bonds.